The van der Waals surface area contributed by atoms with Gasteiger partial charge in [0.1, 0.15) is 6.04 Å². The van der Waals surface area contributed by atoms with Crippen LogP contribution in [0, 0.1) is 5.92 Å². The van der Waals surface area contributed by atoms with E-state index in [0.717, 1.165) is 16.5 Å². The molecular formula is C34H36ClN3O4S. The molecule has 4 aromatic rings. The van der Waals surface area contributed by atoms with Gasteiger partial charge in [0.2, 0.25) is 11.8 Å². The van der Waals surface area contributed by atoms with Gasteiger partial charge in [-0.05, 0) is 53.1 Å². The number of nitrogens with zero attached hydrogens (tertiary/aromatic N) is 2. The van der Waals surface area contributed by atoms with Gasteiger partial charge in [0.15, 0.2) is 0 Å². The standard InChI is InChI=1S/C34H36ClN3O4S/c1-24(2)22-36-34(40)30(21-25-10-4-3-5-11-25)37(23-26-12-6-15-28(35)20-26)32(39)18-9-19-38-29-16-7-13-27-14-8-17-31(33(27)29)43(38,41)42/h3-8,10-17,20,24,30H,9,18-19,21-23H2,1-2H3,(H,36,40). The Balaban J connectivity index is 1.39. The predicted octanol–water partition coefficient (Wildman–Crippen LogP) is 6.19. The van der Waals surface area contributed by atoms with Gasteiger partial charge in [-0.25, -0.2) is 8.42 Å². The molecule has 7 nitrogen and oxygen atoms in total. The summed E-state index contributed by atoms with van der Waals surface area (Å²) in [5.41, 5.74) is 2.37. The Morgan fingerprint density at radius 3 is 2.33 bits per heavy atom. The van der Waals surface area contributed by atoms with Crippen molar-refractivity contribution < 1.29 is 18.0 Å². The minimum absolute atomic E-state index is 0.0711. The first-order valence-electron chi connectivity index (χ1n) is 14.5. The largest absolute Gasteiger partial charge is 0.354 e. The van der Waals surface area contributed by atoms with Gasteiger partial charge in [-0.1, -0.05) is 92.2 Å². The van der Waals surface area contributed by atoms with Crippen LogP contribution in [-0.2, 0) is 32.6 Å². The molecule has 1 aliphatic rings. The summed E-state index contributed by atoms with van der Waals surface area (Å²) < 4.78 is 28.3. The lowest BCUT2D eigenvalue weighted by Gasteiger charge is -2.32. The summed E-state index contributed by atoms with van der Waals surface area (Å²) in [6, 6.07) is 27.0. The summed E-state index contributed by atoms with van der Waals surface area (Å²) >= 11 is 6.27. The second kappa shape index (κ2) is 13.2. The van der Waals surface area contributed by atoms with Crippen LogP contribution in [0.2, 0.25) is 5.02 Å². The number of anilines is 1. The second-order valence-corrected chi connectivity index (χ2v) is 13.6. The van der Waals surface area contributed by atoms with Gasteiger partial charge in [0.25, 0.3) is 10.0 Å². The van der Waals surface area contributed by atoms with Crippen molar-refractivity contribution in [1.29, 1.82) is 0 Å². The zero-order valence-corrected chi connectivity index (χ0v) is 25.9. The van der Waals surface area contributed by atoms with Crippen LogP contribution in [-0.4, -0.2) is 44.3 Å². The van der Waals surface area contributed by atoms with Crippen molar-refractivity contribution >= 4 is 49.9 Å². The van der Waals surface area contributed by atoms with E-state index in [1.54, 1.807) is 35.2 Å². The first-order chi connectivity index (χ1) is 20.6. The topological polar surface area (TPSA) is 86.8 Å². The Kier molecular flexibility index (Phi) is 9.37. The molecule has 0 aliphatic carbocycles. The Bertz CT molecular complexity index is 1720. The fourth-order valence-electron chi connectivity index (χ4n) is 5.52. The van der Waals surface area contributed by atoms with Crippen molar-refractivity contribution in [1.82, 2.24) is 10.2 Å². The first kappa shape index (κ1) is 30.6. The summed E-state index contributed by atoms with van der Waals surface area (Å²) in [7, 11) is -3.73. The molecule has 0 radical (unpaired) electrons. The van der Waals surface area contributed by atoms with Crippen LogP contribution in [0.3, 0.4) is 0 Å². The molecule has 224 valence electrons. The number of carbonyl (C=O) groups is 2. The molecule has 1 atom stereocenters. The van der Waals surface area contributed by atoms with Crippen molar-refractivity contribution in [3.05, 3.63) is 107 Å². The van der Waals surface area contributed by atoms with Gasteiger partial charge in [-0.3, -0.25) is 13.9 Å². The predicted molar refractivity (Wildman–Crippen MR) is 171 cm³/mol. The van der Waals surface area contributed by atoms with E-state index in [1.165, 1.54) is 4.31 Å². The van der Waals surface area contributed by atoms with Crippen LogP contribution in [0.4, 0.5) is 5.69 Å². The van der Waals surface area contributed by atoms with Gasteiger partial charge in [0, 0.05) is 42.9 Å². The minimum Gasteiger partial charge on any atom is -0.354 e. The maximum absolute atomic E-state index is 14.0. The van der Waals surface area contributed by atoms with Crippen molar-refractivity contribution in [3.8, 4) is 0 Å². The molecule has 1 heterocycles. The van der Waals surface area contributed by atoms with Gasteiger partial charge >= 0.3 is 0 Å². The number of amides is 2. The average molecular weight is 618 g/mol. The van der Waals surface area contributed by atoms with Crippen LogP contribution in [0.15, 0.2) is 95.9 Å². The second-order valence-electron chi connectivity index (χ2n) is 11.3. The molecule has 0 fully saturated rings. The maximum Gasteiger partial charge on any atom is 0.265 e. The molecule has 0 bridgehead atoms. The van der Waals surface area contributed by atoms with Crippen LogP contribution in [0.1, 0.15) is 37.8 Å². The number of benzene rings is 4. The molecule has 2 amide bonds. The SMILES string of the molecule is CC(C)CNC(=O)C(Cc1ccccc1)N(Cc1cccc(Cl)c1)C(=O)CCCN1c2cccc3cccc(c23)S1(=O)=O. The number of hydrogen-bond acceptors (Lipinski definition) is 4. The summed E-state index contributed by atoms with van der Waals surface area (Å²) in [6.07, 6.45) is 0.705. The highest BCUT2D eigenvalue weighted by atomic mass is 35.5. The third kappa shape index (κ3) is 6.86. The maximum atomic E-state index is 14.0. The summed E-state index contributed by atoms with van der Waals surface area (Å²) in [5.74, 6) is -0.209. The normalized spacial score (nSPS) is 14.2. The smallest absolute Gasteiger partial charge is 0.265 e. The third-order valence-electron chi connectivity index (χ3n) is 7.63. The molecule has 1 aliphatic heterocycles. The molecule has 0 saturated heterocycles. The fraction of sp³-hybridized carbons (Fsp3) is 0.294. The van der Waals surface area contributed by atoms with E-state index in [1.807, 2.05) is 74.5 Å². The Hall–Kier alpha value is -3.88. The molecule has 9 heteroatoms. The van der Waals surface area contributed by atoms with Crippen molar-refractivity contribution in [2.45, 2.75) is 50.6 Å². The van der Waals surface area contributed by atoms with E-state index in [2.05, 4.69) is 5.32 Å². The molecule has 0 saturated carbocycles. The van der Waals surface area contributed by atoms with Crippen LogP contribution >= 0.6 is 11.6 Å². The lowest BCUT2D eigenvalue weighted by molar-refractivity contribution is -0.141. The Morgan fingerprint density at radius 1 is 0.907 bits per heavy atom. The highest BCUT2D eigenvalue weighted by Gasteiger charge is 2.36. The number of halogens is 1. The first-order valence-corrected chi connectivity index (χ1v) is 16.4. The number of nitrogens with one attached hydrogen (secondary N) is 1. The number of hydrogen-bond donors (Lipinski definition) is 1. The number of rotatable bonds is 12. The van der Waals surface area contributed by atoms with E-state index in [0.29, 0.717) is 40.4 Å². The van der Waals surface area contributed by atoms with E-state index in [4.69, 9.17) is 11.6 Å². The van der Waals surface area contributed by atoms with Gasteiger partial charge in [-0.15, -0.1) is 0 Å². The van der Waals surface area contributed by atoms with Crippen molar-refractivity contribution in [3.63, 3.8) is 0 Å². The van der Waals surface area contributed by atoms with Gasteiger partial charge in [-0.2, -0.15) is 0 Å². The molecule has 5 rings (SSSR count). The number of carbonyl (C=O) groups excluding carboxylic acids is 2. The average Bonchev–Trinajstić information content (AvgIpc) is 3.21. The zero-order chi connectivity index (χ0) is 30.6. The lowest BCUT2D eigenvalue weighted by atomic mass is 10.0. The summed E-state index contributed by atoms with van der Waals surface area (Å²) in [4.78, 5) is 29.5. The van der Waals surface area contributed by atoms with E-state index < -0.39 is 16.1 Å². The lowest BCUT2D eigenvalue weighted by Crippen LogP contribution is -2.51. The monoisotopic (exact) mass is 617 g/mol. The van der Waals surface area contributed by atoms with Gasteiger partial charge in [0.05, 0.1) is 10.6 Å². The quantitative estimate of drug-likeness (QED) is 0.205. The van der Waals surface area contributed by atoms with Crippen molar-refractivity contribution in [2.24, 2.45) is 5.92 Å². The molecule has 4 aromatic carbocycles. The molecule has 1 N–H and O–H groups in total. The van der Waals surface area contributed by atoms with Crippen LogP contribution in [0.25, 0.3) is 10.8 Å². The molecule has 43 heavy (non-hydrogen) atoms. The molecule has 0 spiro atoms. The van der Waals surface area contributed by atoms with Crippen molar-refractivity contribution in [2.75, 3.05) is 17.4 Å². The highest BCUT2D eigenvalue weighted by molar-refractivity contribution is 7.93. The molecule has 0 aromatic heterocycles. The Morgan fingerprint density at radius 2 is 1.60 bits per heavy atom. The number of sulfonamides is 1. The fourth-order valence-corrected chi connectivity index (χ4v) is 7.49. The van der Waals surface area contributed by atoms with Crippen LogP contribution < -0.4 is 9.62 Å². The van der Waals surface area contributed by atoms with Gasteiger partial charge < -0.3 is 10.2 Å². The molecular weight excluding hydrogens is 582 g/mol. The summed E-state index contributed by atoms with van der Waals surface area (Å²) in [6.45, 7) is 4.87. The Labute approximate surface area is 258 Å². The minimum atomic E-state index is -3.73. The van der Waals surface area contributed by atoms with E-state index in [9.17, 15) is 18.0 Å². The van der Waals surface area contributed by atoms with E-state index >= 15 is 0 Å². The van der Waals surface area contributed by atoms with Crippen LogP contribution in [0.5, 0.6) is 0 Å². The van der Waals surface area contributed by atoms with E-state index in [-0.39, 0.29) is 37.2 Å². The zero-order valence-electron chi connectivity index (χ0n) is 24.4. The highest BCUT2D eigenvalue weighted by Crippen LogP contribution is 2.42. The summed E-state index contributed by atoms with van der Waals surface area (Å²) in [5, 5.41) is 5.14. The molecule has 1 unspecified atom stereocenters. The third-order valence-corrected chi connectivity index (χ3v) is 9.72.